The number of halogens is 1. The minimum absolute atomic E-state index is 0.655. The van der Waals surface area contributed by atoms with Gasteiger partial charge in [-0.3, -0.25) is 0 Å². The summed E-state index contributed by atoms with van der Waals surface area (Å²) in [6.07, 6.45) is 0. The van der Waals surface area contributed by atoms with Gasteiger partial charge in [0.1, 0.15) is 0 Å². The van der Waals surface area contributed by atoms with Crippen LogP contribution in [0.15, 0.2) is 18.2 Å². The van der Waals surface area contributed by atoms with Gasteiger partial charge in [-0.05, 0) is 12.1 Å². The van der Waals surface area contributed by atoms with Crippen LogP contribution >= 0.6 is 23.4 Å². The van der Waals surface area contributed by atoms with E-state index < -0.39 is 0 Å². The van der Waals surface area contributed by atoms with Gasteiger partial charge in [-0.25, -0.2) is 0 Å². The number of nitrogens with one attached hydrogen (secondary N) is 1. The molecule has 1 aliphatic rings. The van der Waals surface area contributed by atoms with Gasteiger partial charge in [0.2, 0.25) is 0 Å². The normalized spacial score (nSPS) is 22.6. The van der Waals surface area contributed by atoms with Crippen LogP contribution in [0.2, 0.25) is 5.02 Å². The van der Waals surface area contributed by atoms with Crippen molar-refractivity contribution in [1.29, 1.82) is 0 Å². The van der Waals surface area contributed by atoms with Gasteiger partial charge in [0, 0.05) is 60.1 Å². The van der Waals surface area contributed by atoms with Crippen LogP contribution in [0.1, 0.15) is 19.4 Å². The second-order valence-corrected chi connectivity index (χ2v) is 7.86. The van der Waals surface area contributed by atoms with E-state index in [0.29, 0.717) is 17.1 Å². The van der Waals surface area contributed by atoms with Gasteiger partial charge >= 0.3 is 0 Å². The maximum Gasteiger partial charge on any atom is 0.0587 e. The molecule has 5 heteroatoms. The monoisotopic (exact) mass is 328 g/mol. The number of benzene rings is 1. The summed E-state index contributed by atoms with van der Waals surface area (Å²) in [6, 6.07) is 6.21. The molecule has 1 aliphatic heterocycles. The highest BCUT2D eigenvalue weighted by molar-refractivity contribution is 8.00. The SMILES string of the molecule is COCCNCc1c(Cl)cccc1N1CC(C)SC(C)C1. The minimum atomic E-state index is 0.655. The van der Waals surface area contributed by atoms with Crippen molar-refractivity contribution in [3.05, 3.63) is 28.8 Å². The summed E-state index contributed by atoms with van der Waals surface area (Å²) >= 11 is 8.50. The van der Waals surface area contributed by atoms with Crippen molar-refractivity contribution in [3.8, 4) is 0 Å². The van der Waals surface area contributed by atoms with E-state index >= 15 is 0 Å². The molecule has 2 unspecified atom stereocenters. The lowest BCUT2D eigenvalue weighted by Gasteiger charge is -2.37. The Labute approximate surface area is 137 Å². The van der Waals surface area contributed by atoms with E-state index in [4.69, 9.17) is 16.3 Å². The zero-order chi connectivity index (χ0) is 15.2. The largest absolute Gasteiger partial charge is 0.383 e. The Morgan fingerprint density at radius 2 is 2.05 bits per heavy atom. The zero-order valence-electron chi connectivity index (χ0n) is 13.1. The predicted molar refractivity (Wildman–Crippen MR) is 93.8 cm³/mol. The fraction of sp³-hybridized carbons (Fsp3) is 0.625. The third-order valence-corrected chi connectivity index (χ3v) is 5.22. The summed E-state index contributed by atoms with van der Waals surface area (Å²) in [7, 11) is 1.72. The van der Waals surface area contributed by atoms with E-state index in [1.807, 2.05) is 12.1 Å². The topological polar surface area (TPSA) is 24.5 Å². The van der Waals surface area contributed by atoms with Gasteiger partial charge < -0.3 is 15.0 Å². The molecule has 2 atom stereocenters. The first kappa shape index (κ1) is 16.9. The lowest BCUT2D eigenvalue weighted by molar-refractivity contribution is 0.199. The maximum atomic E-state index is 6.43. The van der Waals surface area contributed by atoms with E-state index in [9.17, 15) is 0 Å². The lowest BCUT2D eigenvalue weighted by Crippen LogP contribution is -2.41. The summed E-state index contributed by atoms with van der Waals surface area (Å²) in [4.78, 5) is 2.48. The second-order valence-electron chi connectivity index (χ2n) is 5.57. The van der Waals surface area contributed by atoms with Gasteiger partial charge in [-0.15, -0.1) is 0 Å². The van der Waals surface area contributed by atoms with Crippen LogP contribution in [0, 0.1) is 0 Å². The van der Waals surface area contributed by atoms with Crippen LogP contribution in [0.4, 0.5) is 5.69 Å². The number of anilines is 1. The van der Waals surface area contributed by atoms with Crippen LogP contribution in [-0.2, 0) is 11.3 Å². The Hall–Kier alpha value is -0.420. The smallest absolute Gasteiger partial charge is 0.0587 e. The molecule has 0 spiro atoms. The first-order valence-electron chi connectivity index (χ1n) is 7.49. The first-order valence-corrected chi connectivity index (χ1v) is 8.81. The number of ether oxygens (including phenoxy) is 1. The van der Waals surface area contributed by atoms with Crippen LogP contribution in [0.5, 0.6) is 0 Å². The molecule has 0 radical (unpaired) electrons. The first-order chi connectivity index (χ1) is 10.1. The minimum Gasteiger partial charge on any atom is -0.383 e. The summed E-state index contributed by atoms with van der Waals surface area (Å²) in [6.45, 7) is 9.10. The summed E-state index contributed by atoms with van der Waals surface area (Å²) in [5.41, 5.74) is 2.47. The standard InChI is InChI=1S/C16H25ClN2OS/c1-12-10-19(11-13(2)21-12)16-6-4-5-15(17)14(16)9-18-7-8-20-3/h4-6,12-13,18H,7-11H2,1-3H3. The molecular formula is C16H25ClN2OS. The molecule has 0 aromatic heterocycles. The Bertz CT molecular complexity index is 448. The van der Waals surface area contributed by atoms with Crippen LogP contribution < -0.4 is 10.2 Å². The van der Waals surface area contributed by atoms with Gasteiger partial charge in [0.25, 0.3) is 0 Å². The van der Waals surface area contributed by atoms with E-state index in [2.05, 4.69) is 41.9 Å². The fourth-order valence-electron chi connectivity index (χ4n) is 2.78. The fourth-order valence-corrected chi connectivity index (χ4v) is 4.34. The van der Waals surface area contributed by atoms with Gasteiger partial charge in [-0.2, -0.15) is 11.8 Å². The van der Waals surface area contributed by atoms with Crippen LogP contribution in [0.25, 0.3) is 0 Å². The highest BCUT2D eigenvalue weighted by Crippen LogP contribution is 2.33. The highest BCUT2D eigenvalue weighted by Gasteiger charge is 2.24. The number of rotatable bonds is 6. The third kappa shape index (κ3) is 4.78. The quantitative estimate of drug-likeness (QED) is 0.809. The van der Waals surface area contributed by atoms with E-state index in [1.165, 1.54) is 11.3 Å². The molecule has 118 valence electrons. The molecule has 3 nitrogen and oxygen atoms in total. The average Bonchev–Trinajstić information content (AvgIpc) is 2.43. The molecule has 1 heterocycles. The molecule has 1 saturated heterocycles. The molecular weight excluding hydrogens is 304 g/mol. The molecule has 2 rings (SSSR count). The van der Waals surface area contributed by atoms with Crippen molar-refractivity contribution in [2.24, 2.45) is 0 Å². The van der Waals surface area contributed by atoms with Gasteiger partial charge in [-0.1, -0.05) is 31.5 Å². The van der Waals surface area contributed by atoms with Crippen LogP contribution in [-0.4, -0.2) is 43.9 Å². The van der Waals surface area contributed by atoms with Gasteiger partial charge in [0.05, 0.1) is 6.61 Å². The summed E-state index contributed by atoms with van der Waals surface area (Å²) in [5.74, 6) is 0. The molecule has 0 bridgehead atoms. The van der Waals surface area contributed by atoms with Crippen molar-refractivity contribution in [2.45, 2.75) is 30.9 Å². The third-order valence-electron chi connectivity index (χ3n) is 3.64. The molecule has 21 heavy (non-hydrogen) atoms. The number of methoxy groups -OCH3 is 1. The number of hydrogen-bond donors (Lipinski definition) is 1. The maximum absolute atomic E-state index is 6.43. The second kappa shape index (κ2) is 8.28. The van der Waals surface area contributed by atoms with Gasteiger partial charge in [0.15, 0.2) is 0 Å². The average molecular weight is 329 g/mol. The van der Waals surface area contributed by atoms with Crippen molar-refractivity contribution in [2.75, 3.05) is 38.3 Å². The Morgan fingerprint density at radius 3 is 2.71 bits per heavy atom. The number of thioether (sulfide) groups is 1. The molecule has 0 saturated carbocycles. The van der Waals surface area contributed by atoms with Crippen LogP contribution in [0.3, 0.4) is 0 Å². The molecule has 1 fully saturated rings. The van der Waals surface area contributed by atoms with E-state index in [0.717, 1.165) is 31.2 Å². The van der Waals surface area contributed by atoms with Crippen molar-refractivity contribution >= 4 is 29.1 Å². The molecule has 0 aliphatic carbocycles. The molecule has 1 aromatic carbocycles. The molecule has 1 N–H and O–H groups in total. The van der Waals surface area contributed by atoms with Crippen molar-refractivity contribution in [1.82, 2.24) is 5.32 Å². The van der Waals surface area contributed by atoms with Crippen molar-refractivity contribution in [3.63, 3.8) is 0 Å². The molecule has 1 aromatic rings. The Kier molecular flexibility index (Phi) is 6.68. The van der Waals surface area contributed by atoms with Crippen molar-refractivity contribution < 1.29 is 4.74 Å². The lowest BCUT2D eigenvalue weighted by atomic mass is 10.1. The predicted octanol–water partition coefficient (Wildman–Crippen LogP) is 3.41. The van der Waals surface area contributed by atoms with E-state index in [1.54, 1.807) is 7.11 Å². The highest BCUT2D eigenvalue weighted by atomic mass is 35.5. The summed E-state index contributed by atoms with van der Waals surface area (Å²) in [5, 5.41) is 5.56. The van der Waals surface area contributed by atoms with E-state index in [-0.39, 0.29) is 0 Å². The molecule has 0 amide bonds. The number of hydrogen-bond acceptors (Lipinski definition) is 4. The summed E-state index contributed by atoms with van der Waals surface area (Å²) < 4.78 is 5.08. The number of nitrogens with zero attached hydrogens (tertiary/aromatic N) is 1. The Balaban J connectivity index is 2.12. The Morgan fingerprint density at radius 1 is 1.33 bits per heavy atom. The zero-order valence-corrected chi connectivity index (χ0v) is 14.6.